The number of hydrogen-bond acceptors (Lipinski definition) is 31. The Morgan fingerprint density at radius 3 is 1.26 bits per heavy atom. The zero-order valence-electron chi connectivity index (χ0n) is 80.5. The summed E-state index contributed by atoms with van der Waals surface area (Å²) in [5.74, 6) is -3.73. The lowest BCUT2D eigenvalue weighted by molar-refractivity contribution is -0.144. The molecule has 5 aromatic rings. The van der Waals surface area contributed by atoms with Gasteiger partial charge in [-0.15, -0.1) is 0 Å². The number of halogens is 16. The zero-order valence-corrected chi connectivity index (χ0v) is 88.8. The van der Waals surface area contributed by atoms with Gasteiger partial charge in [-0.05, 0) is 116 Å². The molecule has 146 heavy (non-hydrogen) atoms. The highest BCUT2D eigenvalue weighted by molar-refractivity contribution is 8.51. The monoisotopic (exact) mass is 2280 g/mol. The Labute approximate surface area is 876 Å². The highest BCUT2D eigenvalue weighted by atomic mass is 33.2. The molecule has 0 bridgehead atoms. The van der Waals surface area contributed by atoms with Crippen molar-refractivity contribution in [2.24, 2.45) is 5.73 Å². The van der Waals surface area contributed by atoms with Crippen LogP contribution >= 0.6 is 13.5 Å². The molecule has 0 aliphatic carbocycles. The van der Waals surface area contributed by atoms with Crippen molar-refractivity contribution in [3.8, 4) is 22.3 Å². The molecule has 8 aliphatic rings. The Morgan fingerprint density at radius 2 is 0.897 bits per heavy atom. The second kappa shape index (κ2) is 59.7. The third kappa shape index (κ3) is 46.0. The number of anilines is 1. The number of ketones is 2. The van der Waals surface area contributed by atoms with Crippen LogP contribution in [0.4, 0.5) is 85.5 Å². The van der Waals surface area contributed by atoms with E-state index < -0.39 is 171 Å². The van der Waals surface area contributed by atoms with E-state index in [9.17, 15) is 118 Å². The third-order valence-electron chi connectivity index (χ3n) is 22.1. The van der Waals surface area contributed by atoms with Gasteiger partial charge in [-0.3, -0.25) is 73.1 Å². The van der Waals surface area contributed by atoms with Crippen molar-refractivity contribution in [2.45, 2.75) is 236 Å². The number of carboxylic acid groups (broad SMARTS) is 2. The number of benzene rings is 2. The van der Waals surface area contributed by atoms with Gasteiger partial charge in [-0.2, -0.15) is 71.3 Å². The molecule has 60 heteroatoms. The number of nitrogens with two attached hydrogens (primary N) is 1. The molecule has 12 atom stereocenters. The van der Waals surface area contributed by atoms with Gasteiger partial charge in [0.25, 0.3) is 0 Å². The Morgan fingerprint density at radius 1 is 0.521 bits per heavy atom. The largest absolute Gasteiger partial charge is 0.480 e. The van der Waals surface area contributed by atoms with Crippen LogP contribution in [0.1, 0.15) is 134 Å². The smallest absolute Gasteiger partial charge is 0.411 e. The van der Waals surface area contributed by atoms with Crippen molar-refractivity contribution in [3.05, 3.63) is 84.1 Å². The van der Waals surface area contributed by atoms with Crippen molar-refractivity contribution in [1.29, 1.82) is 5.41 Å². The quantitative estimate of drug-likeness (QED) is 0.0188. The van der Waals surface area contributed by atoms with Gasteiger partial charge in [0, 0.05) is 269 Å². The number of hydrogen-bond donors (Lipinski definition) is 9. The summed E-state index contributed by atoms with van der Waals surface area (Å²) in [6.07, 6.45) is -15.5. The Balaban J connectivity index is 0.000000373. The van der Waals surface area contributed by atoms with E-state index >= 15 is 0 Å². The Kier molecular flexibility index (Phi) is 53.0. The first-order chi connectivity index (χ1) is 67.4. The van der Waals surface area contributed by atoms with Gasteiger partial charge < -0.3 is 56.9 Å². The lowest BCUT2D eigenvalue weighted by atomic mass is 9.99. The summed E-state index contributed by atoms with van der Waals surface area (Å²) in [5, 5.41) is 43.9. The standard InChI is InChI=1S/C27H29F4N7O3.C16H25F4N3O3.C16H16N4O3.C11H17F4N3O.C10H16FNO4.C6H11F3N2.S4.S3.S2.H2S/c1-15(39)25-21-7-17(18-9-32-16(2)33-10-18)3-4-22(21)38(35-25)13-24(40)37-11-19(28)8-23(37)26(41)34-20-5-6-36(12-20)14-27(29,30)31;1-15(2,3)26-14(25)23-7-10(17)6-12(23)13(24)21-11-4-5-22(8-11)9-16(18,19)20;1-9(21)16(17)13-5-11(12-6-18-10(2)19-7-12)3-4-14(13)20-8-15(22)23;12-7-3-9(16-4-7)10(19)17-8-1-2-18(5-8)6-11(13,14)15;1-10(2,3)16-9(15)12-5-6(11)4-7(12)8(13)14;7-6(8,9)4-11-2-1-5(10)3-11;1-3-4-2;1-3-2;1-2;/h3-4,7,9-10,19-20,23H,5-6,8,11-14H2,1-2H3,(H,34,41);10-12H,4-9H2,1-3H3,(H,21,24);3-7,17,20H,8H2,1-2H3,(H,22,23);7-9,16H,1-6H2,(H,17,19);6-7H,4-5H2,1-3H3,(H,13,14);5H,1-4,10H2;;;;1H2/t19-,20?,23+;10-,11?,12+;;7-,8?,9+;6-,7+;;;;;/m11.11...../s1. The van der Waals surface area contributed by atoms with Crippen LogP contribution in [0, 0.1) is 19.3 Å². The van der Waals surface area contributed by atoms with Crippen LogP contribution in [0.15, 0.2) is 61.2 Å². The number of amides is 6. The summed E-state index contributed by atoms with van der Waals surface area (Å²) in [6.45, 7) is 12.9. The molecule has 3 aromatic heterocycles. The second-order valence-electron chi connectivity index (χ2n) is 36.4. The van der Waals surface area contributed by atoms with Gasteiger partial charge in [0.15, 0.2) is 11.6 Å². The summed E-state index contributed by atoms with van der Waals surface area (Å²) in [6, 6.07) is 5.19. The second-order valence-corrected chi connectivity index (χ2v) is 41.7. The highest BCUT2D eigenvalue weighted by Crippen LogP contribution is 2.34. The van der Waals surface area contributed by atoms with E-state index in [0.717, 1.165) is 45.8 Å². The average molecular weight is 2280 g/mol. The lowest BCUT2D eigenvalue weighted by Gasteiger charge is -2.28. The maximum absolute atomic E-state index is 14.5. The fraction of sp³-hybridized carbons (Fsp3) is 0.628. The number of aliphatic carboxylic acids is 2. The minimum Gasteiger partial charge on any atom is -0.480 e. The number of ether oxygens (including phenoxy) is 2. The maximum Gasteiger partial charge on any atom is 0.411 e. The van der Waals surface area contributed by atoms with E-state index in [-0.39, 0.29) is 146 Å². The SMILES string of the molecule is CC(=O)C(=N)c1cc(-c2cnc(C)nc2)ccc1NCC(=O)O.CC(=O)c1nn(CC(=O)N2C[C@H](F)C[C@H]2C(=O)NC2CCN(CC(F)(F)F)C2)c2ccc(-c3cnc(C)nc3)cc12.CC(C)(C)OC(=O)N1C[C@H](F)C[C@H]1C(=O)NC1CCN(CC(F)(F)F)C1.CC(C)(C)OC(=O)N1C[C@H](F)C[C@H]1C(=O)O.NC1CCN(CC(F)(F)F)C1.O=C(NC1CCN(CC(F)(F)F)C1)[C@@H]1C[C@@H](F)CN1.S.S=S.S=S=S.S=S=S=S. The summed E-state index contributed by atoms with van der Waals surface area (Å²) in [4.78, 5) is 145. The number of likely N-dealkylation sites (tertiary alicyclic amines) is 7. The molecule has 8 fully saturated rings. The van der Waals surface area contributed by atoms with Crippen LogP contribution in [0.3, 0.4) is 0 Å². The van der Waals surface area contributed by atoms with Gasteiger partial charge in [0.05, 0.1) is 57.4 Å². The number of aromatic nitrogens is 6. The van der Waals surface area contributed by atoms with E-state index in [2.05, 4.69) is 119 Å². The molecule has 816 valence electrons. The molecule has 34 nitrogen and oxygen atoms in total. The summed E-state index contributed by atoms with van der Waals surface area (Å²) in [5.41, 5.74) is 8.16. The van der Waals surface area contributed by atoms with Crippen molar-refractivity contribution in [3.63, 3.8) is 0 Å². The van der Waals surface area contributed by atoms with Crippen LogP contribution in [-0.2, 0) is 143 Å². The van der Waals surface area contributed by atoms with Crippen LogP contribution in [-0.4, -0.2) is 359 Å². The van der Waals surface area contributed by atoms with Crippen molar-refractivity contribution < 1.29 is 138 Å². The Bertz CT molecular complexity index is 5340. The minimum atomic E-state index is -4.34. The number of fused-ring (bicyclic) bond motifs is 1. The molecule has 0 saturated carbocycles. The molecule has 0 radical (unpaired) electrons. The number of Topliss-reactive ketones (excluding diaryl/α,β-unsaturated/α-hetero) is 2. The number of alkyl halides is 16. The number of carboxylic acids is 2. The van der Waals surface area contributed by atoms with Crippen LogP contribution in [0.5, 0.6) is 0 Å². The minimum absolute atomic E-state index is 0. The van der Waals surface area contributed by atoms with Crippen molar-refractivity contribution in [2.75, 3.05) is 117 Å². The number of carbonyl (C=O) groups is 10. The maximum atomic E-state index is 14.5. The molecule has 2 aromatic carbocycles. The number of carbonyl (C=O) groups excluding carboxylic acids is 8. The van der Waals surface area contributed by atoms with Crippen molar-refractivity contribution >= 4 is 189 Å². The third-order valence-corrected chi connectivity index (χ3v) is 24.3. The molecular formula is C86H116F16N20O14S10. The van der Waals surface area contributed by atoms with E-state index in [1.807, 2.05) is 0 Å². The number of nitrogens with one attached hydrogen (secondary N) is 6. The van der Waals surface area contributed by atoms with E-state index in [0.29, 0.717) is 79.1 Å². The first kappa shape index (κ1) is 129. The van der Waals surface area contributed by atoms with E-state index in [1.54, 1.807) is 117 Å². The van der Waals surface area contributed by atoms with Crippen LogP contribution < -0.4 is 32.3 Å². The predicted octanol–water partition coefficient (Wildman–Crippen LogP) is 9.22. The number of nitrogens with zero attached hydrogens (tertiary/aromatic N) is 13. The fourth-order valence-corrected chi connectivity index (χ4v) is 16.0. The number of rotatable bonds is 21. The van der Waals surface area contributed by atoms with Gasteiger partial charge >= 0.3 is 48.8 Å². The van der Waals surface area contributed by atoms with E-state index in [4.69, 9.17) is 30.8 Å². The molecule has 0 spiro atoms. The molecule has 4 unspecified atom stereocenters. The van der Waals surface area contributed by atoms with Gasteiger partial charge in [0.1, 0.15) is 90.2 Å². The normalized spacial score (nSPS) is 22.0. The molecule has 10 N–H and O–H groups in total. The fourth-order valence-electron chi connectivity index (χ4n) is 16.0. The molecular weight excluding hydrogens is 2160 g/mol. The summed E-state index contributed by atoms with van der Waals surface area (Å²) < 4.78 is 213. The van der Waals surface area contributed by atoms with Crippen molar-refractivity contribution in [1.82, 2.24) is 85.3 Å². The highest BCUT2D eigenvalue weighted by Gasteiger charge is 2.47. The average Bonchev–Trinajstić information content (AvgIpc) is 1.44. The Hall–Kier alpha value is -8.79. The van der Waals surface area contributed by atoms with Gasteiger partial charge in [-0.1, -0.05) is 12.1 Å². The molecule has 11 heterocycles. The van der Waals surface area contributed by atoms with Gasteiger partial charge in [0.2, 0.25) is 23.6 Å². The zero-order chi connectivity index (χ0) is 109. The topological polar surface area (TPSA) is 432 Å². The number of aryl methyl sites for hydroxylation is 2. The first-order valence-corrected chi connectivity index (χ1v) is 52.5. The van der Waals surface area contributed by atoms with Crippen LogP contribution in [0.25, 0.3) is 33.2 Å². The van der Waals surface area contributed by atoms with Gasteiger partial charge in [-0.25, -0.2) is 51.9 Å². The molecule has 13 rings (SSSR count). The summed E-state index contributed by atoms with van der Waals surface area (Å²) >= 11 is 24.2. The molecule has 6 amide bonds. The van der Waals surface area contributed by atoms with Crippen LogP contribution in [0.2, 0.25) is 0 Å². The molecule has 8 saturated heterocycles. The lowest BCUT2D eigenvalue weighted by Crippen LogP contribution is -2.50. The van der Waals surface area contributed by atoms with E-state index in [1.165, 1.54) is 55.9 Å². The molecule has 8 aliphatic heterocycles. The summed E-state index contributed by atoms with van der Waals surface area (Å²) in [7, 11) is 3.26. The predicted molar refractivity (Wildman–Crippen MR) is 537 cm³/mol. The first-order valence-electron chi connectivity index (χ1n) is 44.5.